The molecule has 1 spiro atoms. The predicted molar refractivity (Wildman–Crippen MR) is 153 cm³/mol. The zero-order valence-electron chi connectivity index (χ0n) is 23.4. The number of fused-ring (bicyclic) bond motifs is 2. The second-order valence-electron chi connectivity index (χ2n) is 12.2. The normalized spacial score (nSPS) is 36.1. The summed E-state index contributed by atoms with van der Waals surface area (Å²) in [6.45, 7) is 7.44. The van der Waals surface area contributed by atoms with Gasteiger partial charge < -0.3 is 19.3 Å². The second-order valence-corrected chi connectivity index (χ2v) is 12.7. The SMILES string of the molecule is C=CC(=O)N1CCN(C2NC(OCC3CCCN3C)NC3C[C@@]4(CCC32)Cc2ccc(Cl)cc2O4)CC1CC#N. The van der Waals surface area contributed by atoms with Gasteiger partial charge in [-0.05, 0) is 63.0 Å². The fourth-order valence-electron chi connectivity index (χ4n) is 7.69. The number of likely N-dealkylation sites (N-methyl/N-ethyl adjacent to an activating group) is 1. The van der Waals surface area contributed by atoms with Crippen LogP contribution in [-0.2, 0) is 16.0 Å². The highest BCUT2D eigenvalue weighted by atomic mass is 35.5. The molecule has 1 amide bonds. The predicted octanol–water partition coefficient (Wildman–Crippen LogP) is 2.71. The van der Waals surface area contributed by atoms with Gasteiger partial charge in [-0.3, -0.25) is 20.3 Å². The Hall–Kier alpha value is -2.19. The number of nitrogens with one attached hydrogen (secondary N) is 2. The number of rotatable bonds is 6. The molecule has 4 heterocycles. The molecule has 1 aromatic rings. The van der Waals surface area contributed by atoms with E-state index in [1.54, 1.807) is 4.90 Å². The van der Waals surface area contributed by atoms with Gasteiger partial charge in [0, 0.05) is 55.5 Å². The second kappa shape index (κ2) is 11.6. The van der Waals surface area contributed by atoms with Crippen LogP contribution in [0, 0.1) is 17.2 Å². The number of amides is 1. The maximum atomic E-state index is 12.5. The number of carbonyl (C=O) groups excluding carboxylic acids is 1. The summed E-state index contributed by atoms with van der Waals surface area (Å²) in [7, 11) is 2.17. The van der Waals surface area contributed by atoms with Crippen LogP contribution in [0.15, 0.2) is 30.9 Å². The van der Waals surface area contributed by atoms with Crippen LogP contribution in [-0.4, -0.2) is 96.7 Å². The molecule has 3 saturated heterocycles. The molecule has 0 bridgehead atoms. The topological polar surface area (TPSA) is 93.1 Å². The van der Waals surface area contributed by atoms with Crippen molar-refractivity contribution in [1.29, 1.82) is 5.26 Å². The summed E-state index contributed by atoms with van der Waals surface area (Å²) in [4.78, 5) is 19.1. The molecule has 0 radical (unpaired) electrons. The van der Waals surface area contributed by atoms with Crippen LogP contribution in [0.5, 0.6) is 5.75 Å². The lowest BCUT2D eigenvalue weighted by atomic mass is 9.71. The quantitative estimate of drug-likeness (QED) is 0.506. The Kier molecular flexibility index (Phi) is 8.10. The Morgan fingerprint density at radius 1 is 1.30 bits per heavy atom. The van der Waals surface area contributed by atoms with Crippen LogP contribution in [0.3, 0.4) is 0 Å². The van der Waals surface area contributed by atoms with Gasteiger partial charge in [-0.25, -0.2) is 0 Å². The van der Waals surface area contributed by atoms with Crippen LogP contribution in [0.25, 0.3) is 0 Å². The lowest BCUT2D eigenvalue weighted by Crippen LogP contribution is -2.73. The largest absolute Gasteiger partial charge is 0.487 e. The first-order chi connectivity index (χ1) is 19.4. The van der Waals surface area contributed by atoms with Gasteiger partial charge in [-0.2, -0.15) is 5.26 Å². The van der Waals surface area contributed by atoms with Crippen molar-refractivity contribution >= 4 is 17.5 Å². The first kappa shape index (κ1) is 28.0. The van der Waals surface area contributed by atoms with Crippen molar-refractivity contribution in [3.63, 3.8) is 0 Å². The number of halogens is 1. The fraction of sp³-hybridized carbons (Fsp3) is 0.667. The average molecular weight is 569 g/mol. The molecule has 1 saturated carbocycles. The highest BCUT2D eigenvalue weighted by Gasteiger charge is 2.52. The molecule has 5 aliphatic rings. The minimum absolute atomic E-state index is 0.0790. The highest BCUT2D eigenvalue weighted by Crippen LogP contribution is 2.47. The number of ether oxygens (including phenoxy) is 2. The maximum absolute atomic E-state index is 12.5. The molecule has 6 rings (SSSR count). The summed E-state index contributed by atoms with van der Waals surface area (Å²) in [5, 5.41) is 17.8. The molecule has 1 aromatic carbocycles. The standard InChI is InChI=1S/C30H41ClN6O3/c1-3-27(38)37-14-13-36(18-22(37)9-11-32)28-24-8-10-30(16-20-6-7-21(31)15-26(20)40-30)17-25(24)33-29(34-28)39-19-23-5-4-12-35(23)2/h3,6-7,15,22-25,28-29,33-34H,1,4-5,8-10,12-14,16-19H2,2H3/t22?,23?,24?,25?,28?,29?,30-/m1/s1. The average Bonchev–Trinajstić information content (AvgIpc) is 3.52. The highest BCUT2D eigenvalue weighted by molar-refractivity contribution is 6.30. The summed E-state index contributed by atoms with van der Waals surface area (Å²) in [6.07, 6.45) is 7.59. The van der Waals surface area contributed by atoms with E-state index in [0.29, 0.717) is 43.1 Å². The van der Waals surface area contributed by atoms with Crippen molar-refractivity contribution in [3.05, 3.63) is 41.4 Å². The number of nitriles is 1. The number of hydrogen-bond donors (Lipinski definition) is 2. The Morgan fingerprint density at radius 3 is 2.95 bits per heavy atom. The number of piperazine rings is 1. The Labute approximate surface area is 242 Å². The first-order valence-electron chi connectivity index (χ1n) is 14.7. The van der Waals surface area contributed by atoms with Crippen molar-refractivity contribution in [2.75, 3.05) is 39.8 Å². The monoisotopic (exact) mass is 568 g/mol. The summed E-state index contributed by atoms with van der Waals surface area (Å²) >= 11 is 6.28. The van der Waals surface area contributed by atoms with Crippen molar-refractivity contribution in [3.8, 4) is 11.8 Å². The van der Waals surface area contributed by atoms with E-state index in [4.69, 9.17) is 21.1 Å². The van der Waals surface area contributed by atoms with Crippen molar-refractivity contribution in [2.24, 2.45) is 5.92 Å². The van der Waals surface area contributed by atoms with Gasteiger partial charge in [-0.15, -0.1) is 0 Å². The molecule has 0 aromatic heterocycles. The smallest absolute Gasteiger partial charge is 0.246 e. The molecule has 40 heavy (non-hydrogen) atoms. The van der Waals surface area contributed by atoms with E-state index < -0.39 is 0 Å². The molecule has 2 N–H and O–H groups in total. The van der Waals surface area contributed by atoms with E-state index in [-0.39, 0.29) is 36.1 Å². The first-order valence-corrected chi connectivity index (χ1v) is 15.1. The van der Waals surface area contributed by atoms with Crippen LogP contribution >= 0.6 is 11.6 Å². The van der Waals surface area contributed by atoms with Crippen LogP contribution in [0.2, 0.25) is 5.02 Å². The molecular formula is C30H41ClN6O3. The third-order valence-electron chi connectivity index (χ3n) is 9.82. The molecule has 1 aliphatic carbocycles. The van der Waals surface area contributed by atoms with E-state index in [9.17, 15) is 10.1 Å². The Balaban J connectivity index is 1.20. The number of likely N-dealkylation sites (tertiary alicyclic amines) is 1. The summed E-state index contributed by atoms with van der Waals surface area (Å²) in [5.41, 5.74) is 0.991. The van der Waals surface area contributed by atoms with Crippen molar-refractivity contribution < 1.29 is 14.3 Å². The molecule has 4 fully saturated rings. The Morgan fingerprint density at radius 2 is 2.17 bits per heavy atom. The van der Waals surface area contributed by atoms with Crippen molar-refractivity contribution in [1.82, 2.24) is 25.3 Å². The zero-order valence-corrected chi connectivity index (χ0v) is 24.1. The lowest BCUT2D eigenvalue weighted by molar-refractivity contribution is -0.138. The molecule has 4 aliphatic heterocycles. The maximum Gasteiger partial charge on any atom is 0.246 e. The molecule has 6 unspecified atom stereocenters. The van der Waals surface area contributed by atoms with Gasteiger partial charge in [0.1, 0.15) is 11.4 Å². The molecule has 9 nitrogen and oxygen atoms in total. The number of benzene rings is 1. The van der Waals surface area contributed by atoms with E-state index in [0.717, 1.165) is 50.9 Å². The summed E-state index contributed by atoms with van der Waals surface area (Å²) in [6, 6.07) is 8.77. The van der Waals surface area contributed by atoms with Crippen LogP contribution < -0.4 is 15.4 Å². The van der Waals surface area contributed by atoms with E-state index in [2.05, 4.69) is 46.2 Å². The van der Waals surface area contributed by atoms with Gasteiger partial charge in [0.2, 0.25) is 5.91 Å². The zero-order chi connectivity index (χ0) is 27.9. The molecule has 7 atom stereocenters. The van der Waals surface area contributed by atoms with Gasteiger partial charge in [0.15, 0.2) is 6.35 Å². The van der Waals surface area contributed by atoms with E-state index in [1.165, 1.54) is 18.1 Å². The molecule has 10 heteroatoms. The van der Waals surface area contributed by atoms with Crippen LogP contribution in [0.1, 0.15) is 44.1 Å². The summed E-state index contributed by atoms with van der Waals surface area (Å²) in [5.74, 6) is 1.16. The number of nitrogens with zero attached hydrogens (tertiary/aromatic N) is 4. The molecular weight excluding hydrogens is 528 g/mol. The molecule has 216 valence electrons. The van der Waals surface area contributed by atoms with E-state index >= 15 is 0 Å². The van der Waals surface area contributed by atoms with Gasteiger partial charge in [0.05, 0.1) is 31.3 Å². The minimum Gasteiger partial charge on any atom is -0.487 e. The van der Waals surface area contributed by atoms with E-state index in [1.807, 2.05) is 12.1 Å². The third-order valence-corrected chi connectivity index (χ3v) is 10.1. The third kappa shape index (κ3) is 5.50. The van der Waals surface area contributed by atoms with Crippen molar-refractivity contribution in [2.45, 2.75) is 81.2 Å². The Bertz CT molecular complexity index is 1160. The van der Waals surface area contributed by atoms with Gasteiger partial charge >= 0.3 is 0 Å². The fourth-order valence-corrected chi connectivity index (χ4v) is 7.86. The minimum atomic E-state index is -0.282. The number of hydrogen-bond acceptors (Lipinski definition) is 8. The van der Waals surface area contributed by atoms with Gasteiger partial charge in [0.25, 0.3) is 0 Å². The number of carbonyl (C=O) groups is 1. The summed E-state index contributed by atoms with van der Waals surface area (Å²) < 4.78 is 13.2. The van der Waals surface area contributed by atoms with Crippen LogP contribution in [0.4, 0.5) is 0 Å². The lowest BCUT2D eigenvalue weighted by Gasteiger charge is -2.54. The van der Waals surface area contributed by atoms with Gasteiger partial charge in [-0.1, -0.05) is 24.2 Å².